The van der Waals surface area contributed by atoms with E-state index >= 15 is 0 Å². The molecule has 5 nitrogen and oxygen atoms in total. The monoisotopic (exact) mass is 483 g/mol. The summed E-state index contributed by atoms with van der Waals surface area (Å²) in [6, 6.07) is 1.65. The molecule has 0 aromatic carbocycles. The number of rotatable bonds is 13. The molecule has 0 spiro atoms. The molecule has 0 bridgehead atoms. The third-order valence-electron chi connectivity index (χ3n) is 4.82. The molecule has 6 heteroatoms. The third-order valence-corrected chi connectivity index (χ3v) is 4.82. The number of nitrogens with zero attached hydrogens (tertiary/aromatic N) is 3. The van der Waals surface area contributed by atoms with Crippen LogP contribution in [0.2, 0.25) is 0 Å². The van der Waals surface area contributed by atoms with E-state index in [1.165, 1.54) is 19.4 Å². The van der Waals surface area contributed by atoms with Crippen LogP contribution in [-0.4, -0.2) is 73.7 Å². The number of hydrogen-bond acceptors (Lipinski definition) is 3. The zero-order valence-corrected chi connectivity index (χ0v) is 21.0. The fourth-order valence-electron chi connectivity index (χ4n) is 3.24. The minimum Gasteiger partial charge on any atom is -0.356 e. The van der Waals surface area contributed by atoms with E-state index in [1.54, 1.807) is 0 Å². The van der Waals surface area contributed by atoms with Gasteiger partial charge >= 0.3 is 0 Å². The summed E-state index contributed by atoms with van der Waals surface area (Å²) in [5, 5.41) is 6.97. The Labute approximate surface area is 180 Å². The molecule has 0 rings (SSSR count). The molecule has 0 aliphatic carbocycles. The van der Waals surface area contributed by atoms with E-state index < -0.39 is 0 Å². The van der Waals surface area contributed by atoms with Gasteiger partial charge in [0.1, 0.15) is 0 Å². The summed E-state index contributed by atoms with van der Waals surface area (Å²) in [4.78, 5) is 9.38. The van der Waals surface area contributed by atoms with E-state index in [1.807, 2.05) is 7.05 Å². The number of hydrogen-bond donors (Lipinski definition) is 2. The van der Waals surface area contributed by atoms with E-state index in [9.17, 15) is 0 Å². The highest BCUT2D eigenvalue weighted by atomic mass is 127. The Balaban J connectivity index is 0. The number of aliphatic imine (C=N–C) groups is 1. The Morgan fingerprint density at radius 3 is 1.96 bits per heavy atom. The van der Waals surface area contributed by atoms with Gasteiger partial charge in [0.15, 0.2) is 5.96 Å². The smallest absolute Gasteiger partial charge is 0.191 e. The molecule has 26 heavy (non-hydrogen) atoms. The van der Waals surface area contributed by atoms with Crippen molar-refractivity contribution in [1.29, 1.82) is 0 Å². The molecule has 0 fully saturated rings. The van der Waals surface area contributed by atoms with E-state index in [4.69, 9.17) is 0 Å². The van der Waals surface area contributed by atoms with Gasteiger partial charge in [0.25, 0.3) is 0 Å². The van der Waals surface area contributed by atoms with Crippen LogP contribution < -0.4 is 10.6 Å². The van der Waals surface area contributed by atoms with Crippen LogP contribution in [0.3, 0.4) is 0 Å². The minimum atomic E-state index is 0. The first-order valence-electron chi connectivity index (χ1n) is 10.3. The highest BCUT2D eigenvalue weighted by molar-refractivity contribution is 14.0. The third kappa shape index (κ3) is 13.1. The van der Waals surface area contributed by atoms with Crippen molar-refractivity contribution in [2.24, 2.45) is 4.99 Å². The van der Waals surface area contributed by atoms with Crippen molar-refractivity contribution in [3.63, 3.8) is 0 Å². The molecule has 0 radical (unpaired) electrons. The zero-order valence-electron chi connectivity index (χ0n) is 18.6. The lowest BCUT2D eigenvalue weighted by Gasteiger charge is -2.30. The topological polar surface area (TPSA) is 42.9 Å². The van der Waals surface area contributed by atoms with Gasteiger partial charge in [0.05, 0.1) is 0 Å². The zero-order chi connectivity index (χ0) is 19.2. The molecule has 0 aliphatic heterocycles. The van der Waals surface area contributed by atoms with Gasteiger partial charge in [-0.2, -0.15) is 0 Å². The van der Waals surface area contributed by atoms with Crippen LogP contribution in [0, 0.1) is 0 Å². The highest BCUT2D eigenvalue weighted by Gasteiger charge is 2.12. The second-order valence-corrected chi connectivity index (χ2v) is 7.49. The summed E-state index contributed by atoms with van der Waals surface area (Å²) >= 11 is 0. The average molecular weight is 484 g/mol. The standard InChI is InChI=1S/C20H45N5.HI/c1-9-24(10-2)15-11-13-19(7)23-20(21-8)22-14-12-16-25(17(3)4)18(5)6;/h17-19H,9-16H2,1-8H3,(H2,21,22,23);1H. The molecule has 1 unspecified atom stereocenters. The van der Waals surface area contributed by atoms with E-state index in [2.05, 4.69) is 73.9 Å². The highest BCUT2D eigenvalue weighted by Crippen LogP contribution is 2.05. The summed E-state index contributed by atoms with van der Waals surface area (Å²) in [6.07, 6.45) is 3.53. The molecule has 1 atom stereocenters. The predicted molar refractivity (Wildman–Crippen MR) is 128 cm³/mol. The molecule has 0 aromatic heterocycles. The van der Waals surface area contributed by atoms with Crippen LogP contribution in [0.1, 0.15) is 67.7 Å². The second-order valence-electron chi connectivity index (χ2n) is 7.49. The van der Waals surface area contributed by atoms with Crippen molar-refractivity contribution in [2.75, 3.05) is 39.8 Å². The first-order chi connectivity index (χ1) is 11.8. The molecule has 158 valence electrons. The number of nitrogens with one attached hydrogen (secondary N) is 2. The molecule has 2 N–H and O–H groups in total. The SMILES string of the molecule is CCN(CC)CCCC(C)NC(=NC)NCCCN(C(C)C)C(C)C.I. The molecule has 0 saturated carbocycles. The second kappa shape index (κ2) is 17.0. The maximum atomic E-state index is 4.36. The maximum absolute atomic E-state index is 4.36. The molecular weight excluding hydrogens is 437 g/mol. The predicted octanol–water partition coefficient (Wildman–Crippen LogP) is 3.79. The Kier molecular flexibility index (Phi) is 18.4. The van der Waals surface area contributed by atoms with Gasteiger partial charge in [-0.15, -0.1) is 24.0 Å². The van der Waals surface area contributed by atoms with Crippen molar-refractivity contribution in [3.8, 4) is 0 Å². The Hall–Kier alpha value is -0.0800. The quantitative estimate of drug-likeness (QED) is 0.181. The van der Waals surface area contributed by atoms with Crippen molar-refractivity contribution in [3.05, 3.63) is 0 Å². The first-order valence-corrected chi connectivity index (χ1v) is 10.3. The van der Waals surface area contributed by atoms with Crippen molar-refractivity contribution in [1.82, 2.24) is 20.4 Å². The van der Waals surface area contributed by atoms with Gasteiger partial charge in [0.2, 0.25) is 0 Å². The summed E-state index contributed by atoms with van der Waals surface area (Å²) in [6.45, 7) is 21.4. The Bertz CT molecular complexity index is 335. The normalized spacial score (nSPS) is 13.5. The van der Waals surface area contributed by atoms with Crippen LogP contribution >= 0.6 is 24.0 Å². The summed E-state index contributed by atoms with van der Waals surface area (Å²) in [7, 11) is 1.85. The van der Waals surface area contributed by atoms with Crippen LogP contribution in [0.4, 0.5) is 0 Å². The lowest BCUT2D eigenvalue weighted by molar-refractivity contribution is 0.173. The molecule has 0 saturated heterocycles. The molecule has 0 aromatic rings. The van der Waals surface area contributed by atoms with Gasteiger partial charge in [-0.05, 0) is 73.5 Å². The first kappa shape index (κ1) is 28.1. The van der Waals surface area contributed by atoms with Crippen LogP contribution in [0.5, 0.6) is 0 Å². The van der Waals surface area contributed by atoms with Gasteiger partial charge in [-0.25, -0.2) is 0 Å². The van der Waals surface area contributed by atoms with Gasteiger partial charge in [-0.1, -0.05) is 13.8 Å². The molecule has 0 heterocycles. The summed E-state index contributed by atoms with van der Waals surface area (Å²) in [5.41, 5.74) is 0. The van der Waals surface area contributed by atoms with Crippen LogP contribution in [0.15, 0.2) is 4.99 Å². The molecular formula is C20H46IN5. The number of guanidine groups is 1. The van der Waals surface area contributed by atoms with Crippen LogP contribution in [0.25, 0.3) is 0 Å². The Morgan fingerprint density at radius 2 is 1.50 bits per heavy atom. The maximum Gasteiger partial charge on any atom is 0.191 e. The van der Waals surface area contributed by atoms with Crippen molar-refractivity contribution >= 4 is 29.9 Å². The largest absolute Gasteiger partial charge is 0.356 e. The fourth-order valence-corrected chi connectivity index (χ4v) is 3.24. The Morgan fingerprint density at radius 1 is 0.923 bits per heavy atom. The van der Waals surface area contributed by atoms with E-state index in [-0.39, 0.29) is 24.0 Å². The van der Waals surface area contributed by atoms with Gasteiger partial charge in [0, 0.05) is 38.3 Å². The summed E-state index contributed by atoms with van der Waals surface area (Å²) < 4.78 is 0. The average Bonchev–Trinajstić information content (AvgIpc) is 2.56. The van der Waals surface area contributed by atoms with Crippen molar-refractivity contribution < 1.29 is 0 Å². The van der Waals surface area contributed by atoms with E-state index in [0.717, 1.165) is 38.6 Å². The molecule has 0 aliphatic rings. The van der Waals surface area contributed by atoms with Crippen LogP contribution in [-0.2, 0) is 0 Å². The summed E-state index contributed by atoms with van der Waals surface area (Å²) in [5.74, 6) is 0.927. The molecule has 0 amide bonds. The van der Waals surface area contributed by atoms with E-state index in [0.29, 0.717) is 18.1 Å². The lowest BCUT2D eigenvalue weighted by Crippen LogP contribution is -2.44. The van der Waals surface area contributed by atoms with Crippen molar-refractivity contribution in [2.45, 2.75) is 85.9 Å². The minimum absolute atomic E-state index is 0. The fraction of sp³-hybridized carbons (Fsp3) is 0.950. The van der Waals surface area contributed by atoms with Gasteiger partial charge < -0.3 is 15.5 Å². The number of halogens is 1. The lowest BCUT2D eigenvalue weighted by atomic mass is 10.2. The van der Waals surface area contributed by atoms with Gasteiger partial charge in [-0.3, -0.25) is 9.89 Å².